The van der Waals surface area contributed by atoms with Crippen LogP contribution < -0.4 is 5.73 Å². The van der Waals surface area contributed by atoms with Crippen molar-refractivity contribution in [3.63, 3.8) is 0 Å². The summed E-state index contributed by atoms with van der Waals surface area (Å²) in [6, 6.07) is -0.00590. The Balaban J connectivity index is 2.56. The molecule has 1 heterocycles. The Hall–Kier alpha value is 0.0700. The van der Waals surface area contributed by atoms with E-state index in [1.54, 1.807) is 0 Å². The average Bonchev–Trinajstić information content (AvgIpc) is 2.48. The second kappa shape index (κ2) is 4.53. The summed E-state index contributed by atoms with van der Waals surface area (Å²) in [5.74, 6) is 0. The van der Waals surface area contributed by atoms with Crippen LogP contribution >= 0.6 is 0 Å². The molecule has 0 aromatic heterocycles. The monoisotopic (exact) mass is 205 g/mol. The summed E-state index contributed by atoms with van der Waals surface area (Å²) in [5.41, 5.74) is 5.72. The van der Waals surface area contributed by atoms with Gasteiger partial charge in [0.1, 0.15) is 0 Å². The minimum atomic E-state index is -0.850. The van der Waals surface area contributed by atoms with Gasteiger partial charge < -0.3 is 10.5 Å². The molecule has 4 heteroatoms. The van der Waals surface area contributed by atoms with Gasteiger partial charge in [-0.25, -0.2) is 0 Å². The normalized spacial score (nSPS) is 35.7. The van der Waals surface area contributed by atoms with Crippen molar-refractivity contribution in [2.45, 2.75) is 49.8 Å². The van der Waals surface area contributed by atoms with E-state index in [1.165, 1.54) is 0 Å². The fourth-order valence-corrected chi connectivity index (χ4v) is 3.26. The van der Waals surface area contributed by atoms with Crippen LogP contribution in [-0.4, -0.2) is 33.5 Å². The Labute approximate surface area is 82.5 Å². The predicted molar refractivity (Wildman–Crippen MR) is 55.1 cm³/mol. The van der Waals surface area contributed by atoms with Gasteiger partial charge in [0.15, 0.2) is 0 Å². The van der Waals surface area contributed by atoms with Crippen LogP contribution in [0.4, 0.5) is 0 Å². The molecule has 0 aromatic carbocycles. The van der Waals surface area contributed by atoms with E-state index in [0.717, 1.165) is 13.0 Å². The lowest BCUT2D eigenvalue weighted by Gasteiger charge is -2.21. The van der Waals surface area contributed by atoms with Crippen LogP contribution in [0, 0.1) is 0 Å². The lowest BCUT2D eigenvalue weighted by molar-refractivity contribution is 0.126. The molecule has 5 atom stereocenters. The molecule has 0 aromatic rings. The molecular weight excluding hydrogens is 186 g/mol. The van der Waals surface area contributed by atoms with E-state index in [4.69, 9.17) is 10.5 Å². The van der Waals surface area contributed by atoms with Crippen molar-refractivity contribution in [2.75, 3.05) is 6.61 Å². The van der Waals surface area contributed by atoms with Crippen LogP contribution in [0.25, 0.3) is 0 Å². The van der Waals surface area contributed by atoms with Gasteiger partial charge in [-0.15, -0.1) is 0 Å². The number of hydrogen-bond acceptors (Lipinski definition) is 3. The number of nitrogens with two attached hydrogens (primary N) is 1. The standard InChI is InChI=1S/C9H19NO2S/c1-6(10)8(3)13(11)9-4-5-12-7(9)2/h6-9H,4-5,10H2,1-3H3. The van der Waals surface area contributed by atoms with Gasteiger partial charge in [0.2, 0.25) is 0 Å². The van der Waals surface area contributed by atoms with Gasteiger partial charge >= 0.3 is 0 Å². The van der Waals surface area contributed by atoms with Crippen LogP contribution in [-0.2, 0) is 15.5 Å². The van der Waals surface area contributed by atoms with E-state index in [2.05, 4.69) is 0 Å². The molecule has 0 saturated carbocycles. The third-order valence-corrected chi connectivity index (χ3v) is 5.09. The van der Waals surface area contributed by atoms with E-state index in [1.807, 2.05) is 20.8 Å². The Morgan fingerprint density at radius 1 is 1.54 bits per heavy atom. The van der Waals surface area contributed by atoms with Crippen molar-refractivity contribution in [3.8, 4) is 0 Å². The van der Waals surface area contributed by atoms with Gasteiger partial charge in [-0.1, -0.05) is 0 Å². The molecule has 1 rings (SSSR count). The summed E-state index contributed by atoms with van der Waals surface area (Å²) in [7, 11) is -0.850. The second-order valence-corrected chi connectivity index (χ2v) is 5.80. The maximum atomic E-state index is 11.9. The van der Waals surface area contributed by atoms with Crippen LogP contribution in [0.15, 0.2) is 0 Å². The van der Waals surface area contributed by atoms with Crippen molar-refractivity contribution in [1.82, 2.24) is 0 Å². The van der Waals surface area contributed by atoms with E-state index in [9.17, 15) is 4.21 Å². The first-order valence-electron chi connectivity index (χ1n) is 4.80. The first kappa shape index (κ1) is 11.1. The van der Waals surface area contributed by atoms with Gasteiger partial charge in [-0.2, -0.15) is 0 Å². The molecule has 3 nitrogen and oxygen atoms in total. The number of hydrogen-bond donors (Lipinski definition) is 1. The highest BCUT2D eigenvalue weighted by atomic mass is 32.2. The number of ether oxygens (including phenoxy) is 1. The maximum absolute atomic E-state index is 11.9. The highest BCUT2D eigenvalue weighted by Gasteiger charge is 2.33. The second-order valence-electron chi connectivity index (χ2n) is 3.80. The van der Waals surface area contributed by atoms with Crippen LogP contribution in [0.3, 0.4) is 0 Å². The first-order chi connectivity index (χ1) is 6.04. The fourth-order valence-electron chi connectivity index (χ4n) is 1.50. The summed E-state index contributed by atoms with van der Waals surface area (Å²) in [5, 5.41) is 0.246. The van der Waals surface area contributed by atoms with Gasteiger partial charge in [0.25, 0.3) is 0 Å². The van der Waals surface area contributed by atoms with Crippen molar-refractivity contribution < 1.29 is 8.95 Å². The zero-order valence-corrected chi connectivity index (χ0v) is 9.34. The molecule has 78 valence electrons. The predicted octanol–water partition coefficient (Wildman–Crippen LogP) is 0.648. The summed E-state index contributed by atoms with van der Waals surface area (Å²) in [6.07, 6.45) is 1.03. The van der Waals surface area contributed by atoms with E-state index in [-0.39, 0.29) is 22.6 Å². The van der Waals surface area contributed by atoms with E-state index in [0.29, 0.717) is 0 Å². The highest BCUT2D eigenvalue weighted by Crippen LogP contribution is 2.21. The molecule has 13 heavy (non-hydrogen) atoms. The van der Waals surface area contributed by atoms with Crippen molar-refractivity contribution in [1.29, 1.82) is 0 Å². The molecule has 5 unspecified atom stereocenters. The first-order valence-corrected chi connectivity index (χ1v) is 6.08. The molecular formula is C9H19NO2S. The fraction of sp³-hybridized carbons (Fsp3) is 1.00. The smallest absolute Gasteiger partial charge is 0.0691 e. The Morgan fingerprint density at radius 3 is 2.54 bits per heavy atom. The van der Waals surface area contributed by atoms with E-state index < -0.39 is 10.8 Å². The molecule has 1 fully saturated rings. The van der Waals surface area contributed by atoms with Gasteiger partial charge in [-0.3, -0.25) is 4.21 Å². The molecule has 1 aliphatic rings. The zero-order chi connectivity index (χ0) is 10.0. The molecule has 2 N–H and O–H groups in total. The lowest BCUT2D eigenvalue weighted by Crippen LogP contribution is -2.39. The maximum Gasteiger partial charge on any atom is 0.0691 e. The van der Waals surface area contributed by atoms with Crippen molar-refractivity contribution in [3.05, 3.63) is 0 Å². The van der Waals surface area contributed by atoms with E-state index >= 15 is 0 Å². The molecule has 0 spiro atoms. The molecule has 0 aliphatic carbocycles. The Bertz CT molecular complexity index is 196. The third kappa shape index (κ3) is 2.51. The zero-order valence-electron chi connectivity index (χ0n) is 8.53. The third-order valence-electron chi connectivity index (χ3n) is 2.71. The van der Waals surface area contributed by atoms with Gasteiger partial charge in [0.05, 0.1) is 11.4 Å². The molecule has 0 radical (unpaired) electrons. The van der Waals surface area contributed by atoms with Crippen molar-refractivity contribution >= 4 is 10.8 Å². The molecule has 0 bridgehead atoms. The minimum absolute atomic E-state index is 0.00590. The van der Waals surface area contributed by atoms with Gasteiger partial charge in [0, 0.05) is 28.7 Å². The summed E-state index contributed by atoms with van der Waals surface area (Å²) < 4.78 is 17.3. The average molecular weight is 205 g/mol. The Morgan fingerprint density at radius 2 is 2.15 bits per heavy atom. The lowest BCUT2D eigenvalue weighted by atomic mass is 10.2. The SMILES string of the molecule is CC(N)C(C)S(=O)C1CCOC1C. The van der Waals surface area contributed by atoms with Gasteiger partial charge in [-0.05, 0) is 27.2 Å². The largest absolute Gasteiger partial charge is 0.377 e. The van der Waals surface area contributed by atoms with Crippen LogP contribution in [0.1, 0.15) is 27.2 Å². The summed E-state index contributed by atoms with van der Waals surface area (Å²) in [4.78, 5) is 0. The quantitative estimate of drug-likeness (QED) is 0.736. The topological polar surface area (TPSA) is 52.3 Å². The molecule has 1 aliphatic heterocycles. The summed E-state index contributed by atoms with van der Waals surface area (Å²) >= 11 is 0. The molecule has 0 amide bonds. The van der Waals surface area contributed by atoms with Crippen LogP contribution in [0.5, 0.6) is 0 Å². The Kier molecular flexibility index (Phi) is 3.88. The molecule has 1 saturated heterocycles. The minimum Gasteiger partial charge on any atom is -0.377 e. The van der Waals surface area contributed by atoms with Crippen molar-refractivity contribution in [2.24, 2.45) is 5.73 Å². The number of rotatable bonds is 3. The summed E-state index contributed by atoms with van der Waals surface area (Å²) in [6.45, 7) is 6.58. The highest BCUT2D eigenvalue weighted by molar-refractivity contribution is 7.86. The van der Waals surface area contributed by atoms with Crippen LogP contribution in [0.2, 0.25) is 0 Å².